The highest BCUT2D eigenvalue weighted by atomic mass is 32.1. The Morgan fingerprint density at radius 3 is 3.24 bits per heavy atom. The summed E-state index contributed by atoms with van der Waals surface area (Å²) in [5, 5.41) is 5.85. The molecular weight excluding hydrogens is 280 g/mol. The molecule has 0 radical (unpaired) electrons. The topological polar surface area (TPSA) is 50.2 Å². The fourth-order valence-electron chi connectivity index (χ4n) is 3.80. The van der Waals surface area contributed by atoms with Gasteiger partial charge >= 0.3 is 0 Å². The maximum Gasteiger partial charge on any atom is 0.158 e. The molecule has 5 rings (SSSR count). The third-order valence-corrected chi connectivity index (χ3v) is 6.17. The van der Waals surface area contributed by atoms with E-state index in [-0.39, 0.29) is 0 Å². The van der Waals surface area contributed by atoms with Crippen LogP contribution in [0.3, 0.4) is 0 Å². The van der Waals surface area contributed by atoms with Crippen LogP contribution in [-0.2, 0) is 12.8 Å². The predicted molar refractivity (Wildman–Crippen MR) is 85.9 cm³/mol. The minimum Gasteiger partial charge on any atom is -0.261 e. The van der Waals surface area contributed by atoms with Crippen molar-refractivity contribution in [2.75, 3.05) is 5.43 Å². The monoisotopic (exact) mass is 296 g/mol. The average Bonchev–Trinajstić information content (AvgIpc) is 3.13. The number of nitrogens with zero attached hydrogens (tertiary/aromatic N) is 3. The van der Waals surface area contributed by atoms with Gasteiger partial charge in [0.1, 0.15) is 11.2 Å². The molecule has 0 bridgehead atoms. The molecule has 2 aromatic heterocycles. The van der Waals surface area contributed by atoms with Crippen molar-refractivity contribution in [2.24, 2.45) is 16.9 Å². The van der Waals surface area contributed by atoms with Crippen molar-refractivity contribution in [2.45, 2.75) is 32.1 Å². The van der Waals surface area contributed by atoms with Crippen LogP contribution >= 0.6 is 11.3 Å². The van der Waals surface area contributed by atoms with Crippen LogP contribution in [0, 0.1) is 11.8 Å². The van der Waals surface area contributed by atoms with Gasteiger partial charge in [-0.2, -0.15) is 5.10 Å². The van der Waals surface area contributed by atoms with Crippen molar-refractivity contribution in [3.05, 3.63) is 28.9 Å². The Morgan fingerprint density at radius 2 is 2.29 bits per heavy atom. The lowest BCUT2D eigenvalue weighted by Gasteiger charge is -2.31. The Balaban J connectivity index is 1.49. The van der Waals surface area contributed by atoms with E-state index in [9.17, 15) is 0 Å². The van der Waals surface area contributed by atoms with Gasteiger partial charge in [-0.3, -0.25) is 5.43 Å². The molecule has 0 spiro atoms. The highest BCUT2D eigenvalue weighted by molar-refractivity contribution is 7.19. The van der Waals surface area contributed by atoms with Crippen LogP contribution < -0.4 is 5.43 Å². The number of nitrogens with one attached hydrogen (secondary N) is 1. The van der Waals surface area contributed by atoms with Gasteiger partial charge in [0, 0.05) is 16.5 Å². The van der Waals surface area contributed by atoms with Gasteiger partial charge in [-0.25, -0.2) is 9.97 Å². The number of hydrazone groups is 1. The zero-order valence-electron chi connectivity index (χ0n) is 11.7. The molecule has 0 aliphatic heterocycles. The molecule has 0 aromatic carbocycles. The molecule has 3 aliphatic carbocycles. The van der Waals surface area contributed by atoms with Gasteiger partial charge in [0.25, 0.3) is 0 Å². The summed E-state index contributed by atoms with van der Waals surface area (Å²) in [5.74, 6) is 2.27. The van der Waals surface area contributed by atoms with Gasteiger partial charge in [-0.15, -0.1) is 11.3 Å². The summed E-state index contributed by atoms with van der Waals surface area (Å²) < 4.78 is 0. The summed E-state index contributed by atoms with van der Waals surface area (Å²) >= 11 is 1.82. The fourth-order valence-corrected chi connectivity index (χ4v) is 5.03. The Kier molecular flexibility index (Phi) is 2.47. The molecular formula is C16H16N4S. The van der Waals surface area contributed by atoms with Crippen molar-refractivity contribution >= 4 is 33.1 Å². The van der Waals surface area contributed by atoms with E-state index in [1.807, 2.05) is 11.3 Å². The molecule has 21 heavy (non-hydrogen) atoms. The van der Waals surface area contributed by atoms with E-state index in [2.05, 4.69) is 32.6 Å². The first-order valence-electron chi connectivity index (χ1n) is 7.64. The molecule has 2 aromatic rings. The number of rotatable bonds is 2. The van der Waals surface area contributed by atoms with Crippen molar-refractivity contribution in [3.63, 3.8) is 0 Å². The SMILES string of the molecule is C1=C[C@@H]2C/C(=N\Nc3ncnc4sc5c(c34)CCC5)[C@@H]2C1. The molecule has 4 nitrogen and oxygen atoms in total. The summed E-state index contributed by atoms with van der Waals surface area (Å²) in [7, 11) is 0. The van der Waals surface area contributed by atoms with Crippen LogP contribution in [0.15, 0.2) is 23.6 Å². The van der Waals surface area contributed by atoms with Crippen molar-refractivity contribution in [3.8, 4) is 0 Å². The van der Waals surface area contributed by atoms with Crippen molar-refractivity contribution < 1.29 is 0 Å². The third kappa shape index (κ3) is 1.70. The van der Waals surface area contributed by atoms with Crippen LogP contribution in [0.25, 0.3) is 10.2 Å². The van der Waals surface area contributed by atoms with Crippen LogP contribution in [0.5, 0.6) is 0 Å². The second-order valence-electron chi connectivity index (χ2n) is 6.11. The second kappa shape index (κ2) is 4.37. The first-order valence-corrected chi connectivity index (χ1v) is 8.46. The lowest BCUT2D eigenvalue weighted by Crippen LogP contribution is -2.33. The number of hydrogen-bond acceptors (Lipinski definition) is 5. The number of fused-ring (bicyclic) bond motifs is 4. The normalized spacial score (nSPS) is 27.9. The maximum absolute atomic E-state index is 4.64. The summed E-state index contributed by atoms with van der Waals surface area (Å²) in [6.07, 6.45) is 12.1. The fraction of sp³-hybridized carbons (Fsp3) is 0.438. The summed E-state index contributed by atoms with van der Waals surface area (Å²) in [6, 6.07) is 0. The van der Waals surface area contributed by atoms with Crippen LogP contribution in [-0.4, -0.2) is 15.7 Å². The zero-order valence-corrected chi connectivity index (χ0v) is 12.5. The number of thiophene rings is 1. The van der Waals surface area contributed by atoms with Gasteiger partial charge in [0.15, 0.2) is 5.82 Å². The number of allylic oxidation sites excluding steroid dienone is 2. The third-order valence-electron chi connectivity index (χ3n) is 4.97. The Bertz CT molecular complexity index is 789. The minimum absolute atomic E-state index is 0.642. The number of hydrogen-bond donors (Lipinski definition) is 1. The van der Waals surface area contributed by atoms with Gasteiger partial charge in [0.2, 0.25) is 0 Å². The first kappa shape index (κ1) is 11.9. The molecule has 0 unspecified atom stereocenters. The van der Waals surface area contributed by atoms with E-state index in [0.29, 0.717) is 5.92 Å². The first-order chi connectivity index (χ1) is 10.4. The van der Waals surface area contributed by atoms with Crippen LogP contribution in [0.2, 0.25) is 0 Å². The highest BCUT2D eigenvalue weighted by Crippen LogP contribution is 2.41. The Hall–Kier alpha value is -1.75. The van der Waals surface area contributed by atoms with Gasteiger partial charge in [-0.05, 0) is 43.6 Å². The Labute approximate surface area is 127 Å². The quantitative estimate of drug-likeness (QED) is 0.681. The van der Waals surface area contributed by atoms with E-state index in [0.717, 1.165) is 35.8 Å². The predicted octanol–water partition coefficient (Wildman–Crippen LogP) is 3.54. The molecule has 1 fully saturated rings. The van der Waals surface area contributed by atoms with Crippen molar-refractivity contribution in [1.29, 1.82) is 0 Å². The number of aryl methyl sites for hydroxylation is 2. The molecule has 2 heterocycles. The minimum atomic E-state index is 0.642. The van der Waals surface area contributed by atoms with E-state index in [1.54, 1.807) is 6.33 Å². The Morgan fingerprint density at radius 1 is 1.29 bits per heavy atom. The van der Waals surface area contributed by atoms with E-state index in [4.69, 9.17) is 0 Å². The van der Waals surface area contributed by atoms with E-state index < -0.39 is 0 Å². The van der Waals surface area contributed by atoms with E-state index in [1.165, 1.54) is 34.4 Å². The molecule has 3 aliphatic rings. The van der Waals surface area contributed by atoms with Crippen molar-refractivity contribution in [1.82, 2.24) is 9.97 Å². The standard InChI is InChI=1S/C16H16N4S/c1-3-9-7-12(10(9)4-1)19-20-15-14-11-5-2-6-13(11)21-16(14)18-8-17-15/h1,3,8-10H,2,4-7H2,(H,17,18,20)/b19-12+/t9-,10-/m1/s1. The van der Waals surface area contributed by atoms with Crippen LogP contribution in [0.4, 0.5) is 5.82 Å². The molecule has 0 amide bonds. The van der Waals surface area contributed by atoms with Gasteiger partial charge < -0.3 is 0 Å². The molecule has 106 valence electrons. The zero-order chi connectivity index (χ0) is 13.8. The molecule has 2 atom stereocenters. The van der Waals surface area contributed by atoms with Gasteiger partial charge in [-0.1, -0.05) is 12.2 Å². The summed E-state index contributed by atoms with van der Waals surface area (Å²) in [5.41, 5.74) is 5.98. The number of aromatic nitrogens is 2. The molecule has 0 saturated heterocycles. The number of anilines is 1. The highest BCUT2D eigenvalue weighted by Gasteiger charge is 2.38. The lowest BCUT2D eigenvalue weighted by molar-refractivity contribution is 0.466. The van der Waals surface area contributed by atoms with E-state index >= 15 is 0 Å². The summed E-state index contributed by atoms with van der Waals surface area (Å²) in [4.78, 5) is 11.5. The smallest absolute Gasteiger partial charge is 0.158 e. The average molecular weight is 296 g/mol. The molecule has 1 saturated carbocycles. The second-order valence-corrected chi connectivity index (χ2v) is 7.20. The van der Waals surface area contributed by atoms with Crippen LogP contribution in [0.1, 0.15) is 29.7 Å². The largest absolute Gasteiger partial charge is 0.261 e. The van der Waals surface area contributed by atoms with Gasteiger partial charge in [0.05, 0.1) is 5.39 Å². The molecule has 1 N–H and O–H groups in total. The maximum atomic E-state index is 4.64. The molecule has 5 heteroatoms. The lowest BCUT2D eigenvalue weighted by atomic mass is 9.74. The summed E-state index contributed by atoms with van der Waals surface area (Å²) in [6.45, 7) is 0.